The first-order valence-electron chi connectivity index (χ1n) is 7.60. The van der Waals surface area contributed by atoms with E-state index in [-0.39, 0.29) is 28.1 Å². The maximum atomic E-state index is 12.3. The van der Waals surface area contributed by atoms with Crippen molar-refractivity contribution < 1.29 is 13.2 Å². The van der Waals surface area contributed by atoms with E-state index >= 15 is 0 Å². The van der Waals surface area contributed by atoms with Gasteiger partial charge in [-0.1, -0.05) is 23.2 Å². The molecule has 1 unspecified atom stereocenters. The van der Waals surface area contributed by atoms with Crippen LogP contribution in [0, 0.1) is 11.3 Å². The molecule has 1 aromatic rings. The van der Waals surface area contributed by atoms with Gasteiger partial charge in [0.15, 0.2) is 9.84 Å². The van der Waals surface area contributed by atoms with Crippen molar-refractivity contribution in [2.75, 3.05) is 23.4 Å². The average Bonchev–Trinajstić information content (AvgIpc) is 2.91. The molecular formula is C16H17Cl2N3O3S. The van der Waals surface area contributed by atoms with Crippen LogP contribution in [0.2, 0.25) is 10.0 Å². The first kappa shape index (κ1) is 19.6. The minimum absolute atomic E-state index is 0.0285. The van der Waals surface area contributed by atoms with Gasteiger partial charge < -0.3 is 10.2 Å². The second-order valence-electron chi connectivity index (χ2n) is 5.62. The number of carbonyl (C=O) groups excluding carboxylic acids is 1. The van der Waals surface area contributed by atoms with Crippen LogP contribution in [-0.4, -0.2) is 43.3 Å². The summed E-state index contributed by atoms with van der Waals surface area (Å²) in [5.74, 6) is -0.469. The van der Waals surface area contributed by atoms with E-state index in [9.17, 15) is 18.5 Å². The molecule has 1 aliphatic heterocycles. The van der Waals surface area contributed by atoms with E-state index in [1.807, 2.05) is 13.0 Å². The van der Waals surface area contributed by atoms with Crippen LogP contribution in [0.4, 0.5) is 5.69 Å². The second kappa shape index (κ2) is 8.09. The van der Waals surface area contributed by atoms with Crippen LogP contribution in [0.5, 0.6) is 0 Å². The molecule has 1 N–H and O–H groups in total. The first-order valence-corrected chi connectivity index (χ1v) is 10.2. The Morgan fingerprint density at radius 2 is 2.20 bits per heavy atom. The van der Waals surface area contributed by atoms with Crippen LogP contribution in [0.25, 0.3) is 0 Å². The Kier molecular flexibility index (Phi) is 6.33. The molecule has 1 amide bonds. The lowest BCUT2D eigenvalue weighted by molar-refractivity contribution is -0.112. The fourth-order valence-corrected chi connectivity index (χ4v) is 4.77. The van der Waals surface area contributed by atoms with Crippen molar-refractivity contribution >= 4 is 44.6 Å². The number of carbonyl (C=O) groups is 1. The molecule has 1 aliphatic rings. The molecule has 0 aromatic heterocycles. The van der Waals surface area contributed by atoms with Crippen LogP contribution in [0.15, 0.2) is 30.0 Å². The molecule has 134 valence electrons. The highest BCUT2D eigenvalue weighted by atomic mass is 35.5. The maximum absolute atomic E-state index is 12.3. The Morgan fingerprint density at radius 3 is 2.72 bits per heavy atom. The number of hydrogen-bond acceptors (Lipinski definition) is 5. The molecule has 1 heterocycles. The number of hydrogen-bond donors (Lipinski definition) is 1. The molecule has 0 radical (unpaired) electrons. The summed E-state index contributed by atoms with van der Waals surface area (Å²) in [6.07, 6.45) is 1.89. The van der Waals surface area contributed by atoms with Gasteiger partial charge in [0, 0.05) is 23.8 Å². The number of benzene rings is 1. The number of nitrogens with zero attached hydrogens (tertiary/aromatic N) is 2. The summed E-state index contributed by atoms with van der Waals surface area (Å²) in [6.45, 7) is 2.32. The van der Waals surface area contributed by atoms with Gasteiger partial charge in [-0.15, -0.1) is 0 Å². The average molecular weight is 402 g/mol. The molecule has 0 saturated carbocycles. The number of sulfone groups is 1. The summed E-state index contributed by atoms with van der Waals surface area (Å²) in [7, 11) is -3.06. The van der Waals surface area contributed by atoms with Crippen molar-refractivity contribution in [1.29, 1.82) is 5.26 Å². The number of amides is 1. The van der Waals surface area contributed by atoms with Crippen LogP contribution in [-0.2, 0) is 14.6 Å². The summed E-state index contributed by atoms with van der Waals surface area (Å²) in [6, 6.07) is 6.21. The zero-order chi connectivity index (χ0) is 18.6. The van der Waals surface area contributed by atoms with Crippen molar-refractivity contribution in [3.05, 3.63) is 40.0 Å². The minimum Gasteiger partial charge on any atom is -0.372 e. The van der Waals surface area contributed by atoms with Crippen molar-refractivity contribution in [3.8, 4) is 6.07 Å². The zero-order valence-corrected chi connectivity index (χ0v) is 15.8. The Balaban J connectivity index is 2.17. The molecule has 1 fully saturated rings. The zero-order valence-electron chi connectivity index (χ0n) is 13.5. The van der Waals surface area contributed by atoms with E-state index < -0.39 is 15.7 Å². The highest BCUT2D eigenvalue weighted by Crippen LogP contribution is 2.26. The number of rotatable bonds is 5. The number of anilines is 1. The molecule has 0 aliphatic carbocycles. The first-order chi connectivity index (χ1) is 11.8. The Morgan fingerprint density at radius 1 is 1.48 bits per heavy atom. The summed E-state index contributed by atoms with van der Waals surface area (Å²) in [4.78, 5) is 14.1. The number of nitrogens with one attached hydrogen (secondary N) is 1. The molecule has 9 heteroatoms. The smallest absolute Gasteiger partial charge is 0.267 e. The normalized spacial score (nSPS) is 19.3. The van der Waals surface area contributed by atoms with E-state index in [4.69, 9.17) is 23.2 Å². The molecular weight excluding hydrogens is 385 g/mol. The van der Waals surface area contributed by atoms with Crippen LogP contribution >= 0.6 is 23.2 Å². The Bertz CT molecular complexity index is 847. The third kappa shape index (κ3) is 5.11. The van der Waals surface area contributed by atoms with Crippen molar-refractivity contribution in [1.82, 2.24) is 4.90 Å². The van der Waals surface area contributed by atoms with E-state index in [1.165, 1.54) is 12.3 Å². The van der Waals surface area contributed by atoms with Crippen molar-refractivity contribution in [2.45, 2.75) is 19.4 Å². The SMILES string of the molecule is CCN(/C=C(/C#N)C(=O)Nc1ccc(Cl)cc1Cl)C1CCS(=O)(=O)C1. The Labute approximate surface area is 156 Å². The van der Waals surface area contributed by atoms with Gasteiger partial charge >= 0.3 is 0 Å². The molecule has 6 nitrogen and oxygen atoms in total. The third-order valence-electron chi connectivity index (χ3n) is 3.88. The molecule has 0 spiro atoms. The van der Waals surface area contributed by atoms with Gasteiger partial charge in [0.2, 0.25) is 0 Å². The molecule has 0 bridgehead atoms. The lowest BCUT2D eigenvalue weighted by Gasteiger charge is -2.25. The van der Waals surface area contributed by atoms with Gasteiger partial charge in [0.25, 0.3) is 5.91 Å². The third-order valence-corrected chi connectivity index (χ3v) is 6.18. The topological polar surface area (TPSA) is 90.3 Å². The molecule has 25 heavy (non-hydrogen) atoms. The lowest BCUT2D eigenvalue weighted by atomic mass is 10.2. The van der Waals surface area contributed by atoms with E-state index in [2.05, 4.69) is 5.32 Å². The van der Waals surface area contributed by atoms with Crippen LogP contribution in [0.3, 0.4) is 0 Å². The monoisotopic (exact) mass is 401 g/mol. The van der Waals surface area contributed by atoms with Crippen molar-refractivity contribution in [2.24, 2.45) is 0 Å². The summed E-state index contributed by atoms with van der Waals surface area (Å²) in [5, 5.41) is 12.5. The fourth-order valence-electron chi connectivity index (χ4n) is 2.58. The number of halogens is 2. The van der Waals surface area contributed by atoms with Gasteiger partial charge in [0.1, 0.15) is 11.6 Å². The van der Waals surface area contributed by atoms with E-state index in [1.54, 1.807) is 17.0 Å². The summed E-state index contributed by atoms with van der Waals surface area (Å²) >= 11 is 11.8. The van der Waals surface area contributed by atoms with Gasteiger partial charge in [-0.25, -0.2) is 8.42 Å². The molecule has 1 atom stereocenters. The highest BCUT2D eigenvalue weighted by molar-refractivity contribution is 7.91. The van der Waals surface area contributed by atoms with Gasteiger partial charge in [-0.05, 0) is 31.5 Å². The van der Waals surface area contributed by atoms with Gasteiger partial charge in [-0.3, -0.25) is 4.79 Å². The highest BCUT2D eigenvalue weighted by Gasteiger charge is 2.31. The van der Waals surface area contributed by atoms with Gasteiger partial charge in [-0.2, -0.15) is 5.26 Å². The standard InChI is InChI=1S/C16H17Cl2N3O3S/c1-2-21(13-5-6-25(23,24)10-13)9-11(8-19)16(22)20-15-4-3-12(17)7-14(15)18/h3-4,7,9,13H,2,5-6,10H2,1H3,(H,20,22)/b11-9-. The predicted octanol–water partition coefficient (Wildman–Crippen LogP) is 2.85. The molecule has 2 rings (SSSR count). The molecule has 1 aromatic carbocycles. The summed E-state index contributed by atoms with van der Waals surface area (Å²) < 4.78 is 23.3. The quantitative estimate of drug-likeness (QED) is 0.604. The van der Waals surface area contributed by atoms with E-state index in [0.717, 1.165) is 0 Å². The second-order valence-corrected chi connectivity index (χ2v) is 8.69. The molecule has 1 saturated heterocycles. The predicted molar refractivity (Wildman–Crippen MR) is 98.2 cm³/mol. The van der Waals surface area contributed by atoms with Crippen LogP contribution < -0.4 is 5.32 Å². The largest absolute Gasteiger partial charge is 0.372 e. The van der Waals surface area contributed by atoms with E-state index in [0.29, 0.717) is 23.7 Å². The maximum Gasteiger partial charge on any atom is 0.267 e. The van der Waals surface area contributed by atoms with Gasteiger partial charge in [0.05, 0.1) is 22.2 Å². The lowest BCUT2D eigenvalue weighted by Crippen LogP contribution is -2.32. The summed E-state index contributed by atoms with van der Waals surface area (Å²) in [5.41, 5.74) is 0.209. The fraction of sp³-hybridized carbons (Fsp3) is 0.375. The van der Waals surface area contributed by atoms with Crippen LogP contribution in [0.1, 0.15) is 13.3 Å². The van der Waals surface area contributed by atoms with Crippen molar-refractivity contribution in [3.63, 3.8) is 0 Å². The minimum atomic E-state index is -3.06. The number of nitriles is 1. The Hall–Kier alpha value is -1.75.